The number of carboxylic acid groups (broad SMARTS) is 1. The highest BCUT2D eigenvalue weighted by Gasteiger charge is 2.18. The zero-order valence-corrected chi connectivity index (χ0v) is 17.9. The summed E-state index contributed by atoms with van der Waals surface area (Å²) in [7, 11) is 0. The van der Waals surface area contributed by atoms with E-state index < -0.39 is 6.09 Å². The molecule has 6 nitrogen and oxygen atoms in total. The molecule has 1 aromatic heterocycles. The fraction of sp³-hybridized carbons (Fsp3) is 0.227. The first-order valence-corrected chi connectivity index (χ1v) is 10.1. The molecule has 7 heteroatoms. The second-order valence-corrected chi connectivity index (χ2v) is 7.55. The van der Waals surface area contributed by atoms with Crippen molar-refractivity contribution < 1.29 is 9.90 Å². The summed E-state index contributed by atoms with van der Waals surface area (Å²) in [6.07, 6.45) is 1.69. The molecule has 0 radical (unpaired) electrons. The molecule has 1 heterocycles. The van der Waals surface area contributed by atoms with Crippen LogP contribution in [0.4, 0.5) is 10.5 Å². The van der Waals surface area contributed by atoms with Gasteiger partial charge in [-0.2, -0.15) is 5.10 Å². The Morgan fingerprint density at radius 3 is 2.62 bits per heavy atom. The molecule has 1 amide bonds. The van der Waals surface area contributed by atoms with Crippen LogP contribution in [0.3, 0.4) is 0 Å². The Morgan fingerprint density at radius 1 is 1.17 bits per heavy atom. The van der Waals surface area contributed by atoms with E-state index in [0.29, 0.717) is 30.8 Å². The van der Waals surface area contributed by atoms with Gasteiger partial charge in [0.1, 0.15) is 5.69 Å². The summed E-state index contributed by atoms with van der Waals surface area (Å²) in [6, 6.07) is 14.7. The Labute approximate surface area is 177 Å². The van der Waals surface area contributed by atoms with E-state index in [1.165, 1.54) is 11.0 Å². The highest BCUT2D eigenvalue weighted by atomic mass is 79.9. The monoisotopic (exact) mass is 455 g/mol. The second kappa shape index (κ2) is 9.05. The van der Waals surface area contributed by atoms with Gasteiger partial charge in [0, 0.05) is 29.7 Å². The number of anilines is 1. The van der Waals surface area contributed by atoms with Crippen LogP contribution < -0.4 is 10.3 Å². The molecule has 150 valence electrons. The lowest BCUT2D eigenvalue weighted by atomic mass is 10.0. The maximum Gasteiger partial charge on any atom is 0.411 e. The number of halogens is 1. The first kappa shape index (κ1) is 20.8. The van der Waals surface area contributed by atoms with Gasteiger partial charge < -0.3 is 5.11 Å². The van der Waals surface area contributed by atoms with Gasteiger partial charge in [-0.15, -0.1) is 0 Å². The quantitative estimate of drug-likeness (QED) is 0.579. The van der Waals surface area contributed by atoms with Gasteiger partial charge in [0.25, 0.3) is 0 Å². The van der Waals surface area contributed by atoms with Crippen molar-refractivity contribution in [3.8, 4) is 5.69 Å². The summed E-state index contributed by atoms with van der Waals surface area (Å²) < 4.78 is 2.54. The van der Waals surface area contributed by atoms with Crippen LogP contribution in [0.5, 0.6) is 0 Å². The predicted molar refractivity (Wildman–Crippen MR) is 117 cm³/mol. The van der Waals surface area contributed by atoms with E-state index >= 15 is 0 Å². The summed E-state index contributed by atoms with van der Waals surface area (Å²) >= 11 is 3.51. The fourth-order valence-electron chi connectivity index (χ4n) is 3.22. The number of aromatic nitrogens is 2. The van der Waals surface area contributed by atoms with Crippen LogP contribution in [0, 0.1) is 6.92 Å². The Bertz CT molecular complexity index is 1090. The van der Waals surface area contributed by atoms with Gasteiger partial charge in [-0.3, -0.25) is 9.69 Å². The van der Waals surface area contributed by atoms with Crippen LogP contribution in [-0.2, 0) is 6.42 Å². The number of para-hydroxylation sites is 1. The average molecular weight is 456 g/mol. The smallest absolute Gasteiger partial charge is 0.411 e. The van der Waals surface area contributed by atoms with Crippen molar-refractivity contribution in [1.82, 2.24) is 9.78 Å². The molecule has 0 aliphatic heterocycles. The zero-order chi connectivity index (χ0) is 21.0. The predicted octanol–water partition coefficient (Wildman–Crippen LogP) is 4.79. The Balaban J connectivity index is 2.00. The largest absolute Gasteiger partial charge is 0.465 e. The molecule has 0 bridgehead atoms. The van der Waals surface area contributed by atoms with Crippen LogP contribution in [-0.4, -0.2) is 27.5 Å². The second-order valence-electron chi connectivity index (χ2n) is 6.69. The number of amides is 1. The molecule has 0 aliphatic carbocycles. The molecule has 0 spiro atoms. The minimum absolute atomic E-state index is 0.151. The van der Waals surface area contributed by atoms with Crippen LogP contribution >= 0.6 is 15.9 Å². The maximum atomic E-state index is 12.4. The zero-order valence-electron chi connectivity index (χ0n) is 16.3. The number of hydrogen-bond acceptors (Lipinski definition) is 3. The van der Waals surface area contributed by atoms with Crippen molar-refractivity contribution in [2.24, 2.45) is 0 Å². The molecule has 0 unspecified atom stereocenters. The van der Waals surface area contributed by atoms with Gasteiger partial charge in [0.15, 0.2) is 0 Å². The SMILES string of the molecule is CCCN(C(=O)O)c1cccc(Cc2nn(-c3ccccc3Br)ccc2=O)c1C. The van der Waals surface area contributed by atoms with E-state index in [1.807, 2.05) is 50.2 Å². The van der Waals surface area contributed by atoms with Gasteiger partial charge in [0.2, 0.25) is 5.43 Å². The summed E-state index contributed by atoms with van der Waals surface area (Å²) in [5, 5.41) is 14.1. The molecule has 0 aliphatic rings. The van der Waals surface area contributed by atoms with Gasteiger partial charge in [-0.1, -0.05) is 31.2 Å². The van der Waals surface area contributed by atoms with E-state index in [4.69, 9.17) is 0 Å². The first-order valence-electron chi connectivity index (χ1n) is 9.35. The first-order chi connectivity index (χ1) is 13.9. The highest BCUT2D eigenvalue weighted by molar-refractivity contribution is 9.10. The molecule has 0 saturated heterocycles. The normalized spacial score (nSPS) is 10.7. The molecule has 0 atom stereocenters. The molecular weight excluding hydrogens is 434 g/mol. The third-order valence-electron chi connectivity index (χ3n) is 4.72. The molecule has 3 aromatic rings. The topological polar surface area (TPSA) is 75.4 Å². The van der Waals surface area contributed by atoms with Gasteiger partial charge in [-0.05, 0) is 58.6 Å². The molecule has 0 fully saturated rings. The minimum Gasteiger partial charge on any atom is -0.465 e. The summed E-state index contributed by atoms with van der Waals surface area (Å²) in [6.45, 7) is 4.23. The van der Waals surface area contributed by atoms with Gasteiger partial charge >= 0.3 is 6.09 Å². The number of hydrogen-bond donors (Lipinski definition) is 1. The number of carbonyl (C=O) groups is 1. The van der Waals surface area contributed by atoms with Gasteiger partial charge in [0.05, 0.1) is 11.4 Å². The Morgan fingerprint density at radius 2 is 1.93 bits per heavy atom. The minimum atomic E-state index is -0.985. The van der Waals surface area contributed by atoms with E-state index in [0.717, 1.165) is 21.3 Å². The summed E-state index contributed by atoms with van der Waals surface area (Å²) in [5.74, 6) is 0. The third-order valence-corrected chi connectivity index (χ3v) is 5.39. The van der Waals surface area contributed by atoms with Crippen LogP contribution in [0.2, 0.25) is 0 Å². The highest BCUT2D eigenvalue weighted by Crippen LogP contribution is 2.25. The number of nitrogens with zero attached hydrogens (tertiary/aromatic N) is 3. The standard InChI is InChI=1S/C22H22BrN3O3/c1-3-12-25(22(28)29)19-10-6-7-16(15(19)2)14-18-21(27)11-13-26(24-18)20-9-5-4-8-17(20)23/h4-11,13H,3,12,14H2,1-2H3,(H,28,29). The van der Waals surface area contributed by atoms with Crippen molar-refractivity contribution >= 4 is 27.7 Å². The molecule has 29 heavy (non-hydrogen) atoms. The van der Waals surface area contributed by atoms with E-state index in [1.54, 1.807) is 16.9 Å². The lowest BCUT2D eigenvalue weighted by Crippen LogP contribution is -2.30. The summed E-state index contributed by atoms with van der Waals surface area (Å²) in [4.78, 5) is 25.4. The van der Waals surface area contributed by atoms with Crippen molar-refractivity contribution in [1.29, 1.82) is 0 Å². The van der Waals surface area contributed by atoms with Crippen molar-refractivity contribution in [3.05, 3.63) is 86.2 Å². The van der Waals surface area contributed by atoms with Crippen molar-refractivity contribution in [2.75, 3.05) is 11.4 Å². The lowest BCUT2D eigenvalue weighted by molar-refractivity contribution is 0.201. The molecule has 2 aromatic carbocycles. The Hall–Kier alpha value is -2.93. The van der Waals surface area contributed by atoms with Crippen LogP contribution in [0.25, 0.3) is 5.69 Å². The van der Waals surface area contributed by atoms with Crippen molar-refractivity contribution in [2.45, 2.75) is 26.7 Å². The fourth-order valence-corrected chi connectivity index (χ4v) is 3.68. The molecule has 0 saturated carbocycles. The number of benzene rings is 2. The van der Waals surface area contributed by atoms with E-state index in [9.17, 15) is 14.7 Å². The van der Waals surface area contributed by atoms with E-state index in [-0.39, 0.29) is 5.43 Å². The summed E-state index contributed by atoms with van der Waals surface area (Å²) in [5.41, 5.74) is 3.43. The van der Waals surface area contributed by atoms with Crippen LogP contribution in [0.15, 0.2) is 64.0 Å². The lowest BCUT2D eigenvalue weighted by Gasteiger charge is -2.22. The maximum absolute atomic E-state index is 12.4. The Kier molecular flexibility index (Phi) is 6.49. The molecule has 1 N–H and O–H groups in total. The van der Waals surface area contributed by atoms with Gasteiger partial charge in [-0.25, -0.2) is 9.48 Å². The average Bonchev–Trinajstić information content (AvgIpc) is 2.70. The third kappa shape index (κ3) is 4.56. The van der Waals surface area contributed by atoms with Crippen LogP contribution in [0.1, 0.15) is 30.2 Å². The molecule has 3 rings (SSSR count). The number of rotatable bonds is 6. The van der Waals surface area contributed by atoms with Crippen molar-refractivity contribution in [3.63, 3.8) is 0 Å². The van der Waals surface area contributed by atoms with E-state index in [2.05, 4.69) is 21.0 Å². The molecular formula is C22H22BrN3O3.